The zero-order valence-electron chi connectivity index (χ0n) is 15.0. The molecule has 4 aromatic rings. The van der Waals surface area contributed by atoms with Crippen molar-refractivity contribution < 1.29 is 9.21 Å². The minimum atomic E-state index is -0.398. The molecule has 0 saturated carbocycles. The Morgan fingerprint density at radius 3 is 2.50 bits per heavy atom. The number of aryl methyl sites for hydroxylation is 1. The molecule has 5 nitrogen and oxygen atoms in total. The highest BCUT2D eigenvalue weighted by Gasteiger charge is 2.44. The van der Waals surface area contributed by atoms with Crippen LogP contribution in [0.25, 0.3) is 11.3 Å². The molecule has 0 radical (unpaired) electrons. The number of nitrogens with zero attached hydrogens (tertiary/aromatic N) is 2. The summed E-state index contributed by atoms with van der Waals surface area (Å²) < 4.78 is 5.72. The molecular formula is C22H16ClN3O2. The van der Waals surface area contributed by atoms with Crippen molar-refractivity contribution in [3.8, 4) is 11.3 Å². The normalized spacial score (nSPS) is 15.9. The molecule has 0 saturated heterocycles. The van der Waals surface area contributed by atoms with Crippen LogP contribution >= 0.6 is 11.6 Å². The Morgan fingerprint density at radius 1 is 1.07 bits per heavy atom. The number of halogens is 1. The summed E-state index contributed by atoms with van der Waals surface area (Å²) in [5.74, 6) is 0.553. The minimum absolute atomic E-state index is 0.132. The number of anilines is 1. The highest BCUT2D eigenvalue weighted by Crippen LogP contribution is 2.45. The fraction of sp³-hybridized carbons (Fsp3) is 0.0909. The highest BCUT2D eigenvalue weighted by molar-refractivity contribution is 6.30. The first-order valence-electron chi connectivity index (χ1n) is 8.91. The fourth-order valence-electron chi connectivity index (χ4n) is 3.66. The molecule has 138 valence electrons. The van der Waals surface area contributed by atoms with Crippen LogP contribution in [0.4, 0.5) is 5.69 Å². The van der Waals surface area contributed by atoms with Gasteiger partial charge in [-0.25, -0.2) is 0 Å². The SMILES string of the molecule is Cc1ccc(N2C(=O)c3[nH]nc(-c4ccc(Cl)cc4)c3[C@@H]2c2ccco2)cc1. The first-order chi connectivity index (χ1) is 13.6. The molecule has 3 heterocycles. The third-order valence-electron chi connectivity index (χ3n) is 5.01. The Morgan fingerprint density at radius 2 is 1.82 bits per heavy atom. The number of aromatic nitrogens is 2. The quantitative estimate of drug-likeness (QED) is 0.511. The monoisotopic (exact) mass is 389 g/mol. The molecule has 0 aliphatic carbocycles. The lowest BCUT2D eigenvalue weighted by atomic mass is 10.00. The number of fused-ring (bicyclic) bond motifs is 1. The van der Waals surface area contributed by atoms with Crippen LogP contribution in [0.5, 0.6) is 0 Å². The lowest BCUT2D eigenvalue weighted by molar-refractivity contribution is 0.0987. The van der Waals surface area contributed by atoms with E-state index in [2.05, 4.69) is 10.2 Å². The first-order valence-corrected chi connectivity index (χ1v) is 9.29. The standard InChI is InChI=1S/C22H16ClN3O2/c1-13-4-10-16(11-5-13)26-21(17-3-2-12-28-17)18-19(24-25-20(18)22(26)27)14-6-8-15(23)9-7-14/h2-12,21H,1H3,(H,24,25)/t21-/m0/s1. The van der Waals surface area contributed by atoms with E-state index in [-0.39, 0.29) is 5.91 Å². The summed E-state index contributed by atoms with van der Waals surface area (Å²) in [7, 11) is 0. The zero-order valence-corrected chi connectivity index (χ0v) is 15.8. The Hall–Kier alpha value is -3.31. The van der Waals surface area contributed by atoms with Gasteiger partial charge in [0, 0.05) is 21.8 Å². The number of benzene rings is 2. The average Bonchev–Trinajstić information content (AvgIpc) is 3.42. The topological polar surface area (TPSA) is 62.1 Å². The smallest absolute Gasteiger partial charge is 0.277 e. The molecule has 1 amide bonds. The molecule has 1 atom stereocenters. The van der Waals surface area contributed by atoms with Gasteiger partial charge in [0.15, 0.2) is 0 Å². The van der Waals surface area contributed by atoms with E-state index in [0.29, 0.717) is 16.5 Å². The second-order valence-electron chi connectivity index (χ2n) is 6.80. The van der Waals surface area contributed by atoms with Gasteiger partial charge >= 0.3 is 0 Å². The number of nitrogens with one attached hydrogen (secondary N) is 1. The van der Waals surface area contributed by atoms with Crippen LogP contribution in [0.15, 0.2) is 71.3 Å². The zero-order chi connectivity index (χ0) is 19.3. The third-order valence-corrected chi connectivity index (χ3v) is 5.26. The van der Waals surface area contributed by atoms with Crippen LogP contribution < -0.4 is 4.90 Å². The van der Waals surface area contributed by atoms with Crippen LogP contribution in [-0.4, -0.2) is 16.1 Å². The first kappa shape index (κ1) is 16.8. The number of furan rings is 1. The van der Waals surface area contributed by atoms with Crippen LogP contribution in [0.3, 0.4) is 0 Å². The molecule has 0 fully saturated rings. The molecule has 1 aliphatic rings. The fourth-order valence-corrected chi connectivity index (χ4v) is 3.79. The molecule has 1 aliphatic heterocycles. The van der Waals surface area contributed by atoms with Crippen LogP contribution in [-0.2, 0) is 0 Å². The van der Waals surface area contributed by atoms with Crippen molar-refractivity contribution in [1.29, 1.82) is 0 Å². The Kier molecular flexibility index (Phi) is 3.84. The van der Waals surface area contributed by atoms with Gasteiger partial charge in [0.25, 0.3) is 5.91 Å². The average molecular weight is 390 g/mol. The largest absolute Gasteiger partial charge is 0.467 e. The van der Waals surface area contributed by atoms with E-state index in [9.17, 15) is 4.79 Å². The Bertz CT molecular complexity index is 1150. The number of H-pyrrole nitrogens is 1. The lowest BCUT2D eigenvalue weighted by Crippen LogP contribution is -2.29. The van der Waals surface area contributed by atoms with Gasteiger partial charge in [-0.1, -0.05) is 41.4 Å². The summed E-state index contributed by atoms with van der Waals surface area (Å²) in [5, 5.41) is 8.02. The van der Waals surface area contributed by atoms with E-state index in [0.717, 1.165) is 28.1 Å². The van der Waals surface area contributed by atoms with Crippen molar-refractivity contribution in [2.45, 2.75) is 13.0 Å². The molecular weight excluding hydrogens is 374 g/mol. The van der Waals surface area contributed by atoms with Crippen molar-refractivity contribution in [2.75, 3.05) is 4.90 Å². The van der Waals surface area contributed by atoms with Gasteiger partial charge in [-0.15, -0.1) is 0 Å². The number of hydrogen-bond acceptors (Lipinski definition) is 3. The molecule has 0 spiro atoms. The van der Waals surface area contributed by atoms with E-state index < -0.39 is 6.04 Å². The van der Waals surface area contributed by atoms with Gasteiger partial charge < -0.3 is 4.42 Å². The second kappa shape index (κ2) is 6.39. The molecule has 5 rings (SSSR count). The summed E-state index contributed by atoms with van der Waals surface area (Å²) in [5.41, 5.74) is 4.83. The van der Waals surface area contributed by atoms with Crippen molar-refractivity contribution >= 4 is 23.2 Å². The molecule has 28 heavy (non-hydrogen) atoms. The number of rotatable bonds is 3. The minimum Gasteiger partial charge on any atom is -0.467 e. The van der Waals surface area contributed by atoms with Crippen LogP contribution in [0, 0.1) is 6.92 Å². The van der Waals surface area contributed by atoms with E-state index in [1.54, 1.807) is 11.2 Å². The number of carbonyl (C=O) groups is 1. The van der Waals surface area contributed by atoms with Gasteiger partial charge in [0.1, 0.15) is 17.5 Å². The molecule has 6 heteroatoms. The van der Waals surface area contributed by atoms with Gasteiger partial charge in [-0.3, -0.25) is 14.8 Å². The number of amides is 1. The lowest BCUT2D eigenvalue weighted by Gasteiger charge is -2.24. The molecule has 1 N–H and O–H groups in total. The number of carbonyl (C=O) groups excluding carboxylic acids is 1. The number of hydrogen-bond donors (Lipinski definition) is 1. The molecule has 2 aromatic carbocycles. The van der Waals surface area contributed by atoms with Gasteiger partial charge in [0.05, 0.1) is 12.0 Å². The molecule has 0 unspecified atom stereocenters. The summed E-state index contributed by atoms with van der Waals surface area (Å²) in [6, 6.07) is 18.6. The van der Waals surface area contributed by atoms with Crippen molar-refractivity contribution in [3.05, 3.63) is 94.5 Å². The maximum atomic E-state index is 13.3. The summed E-state index contributed by atoms with van der Waals surface area (Å²) in [4.78, 5) is 15.0. The van der Waals surface area contributed by atoms with Crippen molar-refractivity contribution in [1.82, 2.24) is 10.2 Å². The summed E-state index contributed by atoms with van der Waals surface area (Å²) >= 11 is 6.03. The highest BCUT2D eigenvalue weighted by atomic mass is 35.5. The molecule has 0 bridgehead atoms. The van der Waals surface area contributed by atoms with Crippen molar-refractivity contribution in [2.24, 2.45) is 0 Å². The Balaban J connectivity index is 1.70. The summed E-state index contributed by atoms with van der Waals surface area (Å²) in [6.07, 6.45) is 1.62. The maximum Gasteiger partial charge on any atom is 0.277 e. The van der Waals surface area contributed by atoms with Gasteiger partial charge in [0.2, 0.25) is 0 Å². The van der Waals surface area contributed by atoms with Crippen LogP contribution in [0.1, 0.15) is 33.4 Å². The predicted octanol–water partition coefficient (Wildman–Crippen LogP) is 5.38. The second-order valence-corrected chi connectivity index (χ2v) is 7.23. The Labute approximate surface area is 166 Å². The van der Waals surface area contributed by atoms with Gasteiger partial charge in [-0.05, 0) is 43.3 Å². The maximum absolute atomic E-state index is 13.3. The van der Waals surface area contributed by atoms with Crippen molar-refractivity contribution in [3.63, 3.8) is 0 Å². The number of aromatic amines is 1. The van der Waals surface area contributed by atoms with E-state index in [1.165, 1.54) is 0 Å². The van der Waals surface area contributed by atoms with Gasteiger partial charge in [-0.2, -0.15) is 5.10 Å². The van der Waals surface area contributed by atoms with E-state index in [4.69, 9.17) is 16.0 Å². The van der Waals surface area contributed by atoms with E-state index in [1.807, 2.05) is 67.6 Å². The predicted molar refractivity (Wildman–Crippen MR) is 108 cm³/mol. The third kappa shape index (κ3) is 2.55. The molecule has 2 aromatic heterocycles. The van der Waals surface area contributed by atoms with Crippen LogP contribution in [0.2, 0.25) is 5.02 Å². The summed E-state index contributed by atoms with van der Waals surface area (Å²) in [6.45, 7) is 2.02. The van der Waals surface area contributed by atoms with E-state index >= 15 is 0 Å².